The third kappa shape index (κ3) is 2.15. The van der Waals surface area contributed by atoms with Crippen molar-refractivity contribution in [2.45, 2.75) is 71.1 Å². The van der Waals surface area contributed by atoms with Crippen LogP contribution in [0.5, 0.6) is 11.5 Å². The number of fused-ring (bicyclic) bond motifs is 3. The molecule has 4 heteroatoms. The molecule has 3 rings (SSSR count). The van der Waals surface area contributed by atoms with Crippen LogP contribution in [0.4, 0.5) is 0 Å². The second-order valence-electron chi connectivity index (χ2n) is 8.54. The molecule has 1 fully saturated rings. The van der Waals surface area contributed by atoms with Crippen LogP contribution in [0, 0.1) is 11.3 Å². The summed E-state index contributed by atoms with van der Waals surface area (Å²) in [5.74, 6) is -1.57. The van der Waals surface area contributed by atoms with E-state index in [1.165, 1.54) is 0 Å². The third-order valence-electron chi connectivity index (χ3n) is 6.45. The molecular formula is C20H27O4-. The quantitative estimate of drug-likeness (QED) is 0.816. The molecule has 2 N–H and O–H groups in total. The Kier molecular flexibility index (Phi) is 3.85. The average molecular weight is 331 g/mol. The summed E-state index contributed by atoms with van der Waals surface area (Å²) in [5.41, 5.74) is 0.607. The van der Waals surface area contributed by atoms with Gasteiger partial charge in [0.1, 0.15) is 0 Å². The molecule has 1 aromatic rings. The van der Waals surface area contributed by atoms with E-state index < -0.39 is 11.4 Å². The Morgan fingerprint density at radius 2 is 1.92 bits per heavy atom. The van der Waals surface area contributed by atoms with Crippen molar-refractivity contribution in [1.82, 2.24) is 0 Å². The molecule has 0 radical (unpaired) electrons. The highest BCUT2D eigenvalue weighted by atomic mass is 16.4. The van der Waals surface area contributed by atoms with E-state index in [4.69, 9.17) is 0 Å². The molecule has 0 saturated heterocycles. The predicted octanol–water partition coefficient (Wildman–Crippen LogP) is 2.98. The van der Waals surface area contributed by atoms with Crippen molar-refractivity contribution in [3.8, 4) is 11.5 Å². The maximum absolute atomic E-state index is 12.3. The van der Waals surface area contributed by atoms with E-state index in [9.17, 15) is 20.1 Å². The summed E-state index contributed by atoms with van der Waals surface area (Å²) in [7, 11) is 0. The number of aromatic hydroxyl groups is 2. The van der Waals surface area contributed by atoms with Crippen LogP contribution in [0.1, 0.15) is 76.0 Å². The average Bonchev–Trinajstić information content (AvgIpc) is 2.49. The van der Waals surface area contributed by atoms with Gasteiger partial charge in [-0.1, -0.05) is 40.2 Å². The molecule has 0 heterocycles. The predicted molar refractivity (Wildman–Crippen MR) is 90.0 cm³/mol. The number of aliphatic carboxylic acids is 1. The first-order valence-electron chi connectivity index (χ1n) is 8.92. The Labute approximate surface area is 143 Å². The first-order valence-corrected chi connectivity index (χ1v) is 8.92. The molecule has 132 valence electrons. The van der Waals surface area contributed by atoms with Gasteiger partial charge in [0.2, 0.25) is 0 Å². The minimum absolute atomic E-state index is 0.0561. The topological polar surface area (TPSA) is 80.6 Å². The highest BCUT2D eigenvalue weighted by Gasteiger charge is 2.55. The lowest BCUT2D eigenvalue weighted by atomic mass is 9.49. The van der Waals surface area contributed by atoms with Crippen LogP contribution in [0.3, 0.4) is 0 Å². The summed E-state index contributed by atoms with van der Waals surface area (Å²) in [6.45, 7) is 8.12. The Hall–Kier alpha value is -1.71. The van der Waals surface area contributed by atoms with Gasteiger partial charge in [0.25, 0.3) is 0 Å². The highest BCUT2D eigenvalue weighted by molar-refractivity contribution is 5.84. The number of hydrogen-bond donors (Lipinski definition) is 2. The number of aryl methyl sites for hydroxylation is 1. The van der Waals surface area contributed by atoms with Crippen molar-refractivity contribution < 1.29 is 20.1 Å². The standard InChI is InChI=1S/C20H28O4/c1-11(2)13-10-12-6-7-14-19(3,4)8-5-9-20(14,18(23)24)15(12)17(22)16(13)21/h10-11,14,21-22H,5-9H2,1-4H3,(H,23,24)/p-1/t14-,20+/m0/s1. The molecular weight excluding hydrogens is 304 g/mol. The zero-order valence-electron chi connectivity index (χ0n) is 15.0. The van der Waals surface area contributed by atoms with Crippen LogP contribution in [-0.2, 0) is 16.6 Å². The number of benzene rings is 1. The lowest BCUT2D eigenvalue weighted by molar-refractivity contribution is -0.319. The molecule has 2 aliphatic rings. The zero-order valence-corrected chi connectivity index (χ0v) is 15.0. The van der Waals surface area contributed by atoms with E-state index in [1.54, 1.807) is 0 Å². The first kappa shape index (κ1) is 17.1. The number of carbonyl (C=O) groups is 1. The molecule has 1 aromatic carbocycles. The van der Waals surface area contributed by atoms with Crippen molar-refractivity contribution in [2.75, 3.05) is 0 Å². The van der Waals surface area contributed by atoms with E-state index in [0.717, 1.165) is 31.2 Å². The number of carbonyl (C=O) groups excluding carboxylic acids is 1. The van der Waals surface area contributed by atoms with Gasteiger partial charge in [0.15, 0.2) is 11.5 Å². The molecule has 24 heavy (non-hydrogen) atoms. The van der Waals surface area contributed by atoms with Crippen LogP contribution < -0.4 is 5.11 Å². The third-order valence-corrected chi connectivity index (χ3v) is 6.45. The van der Waals surface area contributed by atoms with Crippen LogP contribution in [-0.4, -0.2) is 16.2 Å². The second kappa shape index (κ2) is 5.40. The SMILES string of the molecule is CC(C)c1cc2c(c(O)c1O)[C@@]1(C(=O)[O-])CCCC(C)(C)[C@@H]1CC2. The molecule has 1 saturated carbocycles. The van der Waals surface area contributed by atoms with Gasteiger partial charge in [-0.05, 0) is 48.5 Å². The van der Waals surface area contributed by atoms with Gasteiger partial charge in [-0.15, -0.1) is 0 Å². The molecule has 0 bridgehead atoms. The Bertz CT molecular complexity index is 689. The summed E-state index contributed by atoms with van der Waals surface area (Å²) >= 11 is 0. The number of carboxylic acids is 1. The zero-order chi connectivity index (χ0) is 17.9. The second-order valence-corrected chi connectivity index (χ2v) is 8.54. The maximum atomic E-state index is 12.3. The van der Waals surface area contributed by atoms with Gasteiger partial charge >= 0.3 is 0 Å². The first-order chi connectivity index (χ1) is 11.1. The van der Waals surface area contributed by atoms with Gasteiger partial charge < -0.3 is 20.1 Å². The fraction of sp³-hybridized carbons (Fsp3) is 0.650. The molecule has 0 spiro atoms. The van der Waals surface area contributed by atoms with E-state index in [-0.39, 0.29) is 28.7 Å². The molecule has 2 aliphatic carbocycles. The van der Waals surface area contributed by atoms with E-state index >= 15 is 0 Å². The smallest absolute Gasteiger partial charge is 0.162 e. The lowest BCUT2D eigenvalue weighted by Crippen LogP contribution is -2.58. The molecule has 0 amide bonds. The Morgan fingerprint density at radius 1 is 1.25 bits per heavy atom. The maximum Gasteiger partial charge on any atom is 0.162 e. The Balaban J connectivity index is 2.31. The number of phenolic OH excluding ortho intramolecular Hbond substituents is 2. The number of rotatable bonds is 2. The highest BCUT2D eigenvalue weighted by Crippen LogP contribution is 2.60. The molecule has 4 nitrogen and oxygen atoms in total. The van der Waals surface area contributed by atoms with Crippen molar-refractivity contribution >= 4 is 5.97 Å². The van der Waals surface area contributed by atoms with Crippen molar-refractivity contribution in [2.24, 2.45) is 11.3 Å². The molecule has 0 aliphatic heterocycles. The van der Waals surface area contributed by atoms with Crippen LogP contribution >= 0.6 is 0 Å². The van der Waals surface area contributed by atoms with Crippen LogP contribution in [0.15, 0.2) is 6.07 Å². The molecule has 0 unspecified atom stereocenters. The van der Waals surface area contributed by atoms with E-state index in [1.807, 2.05) is 19.9 Å². The van der Waals surface area contributed by atoms with Crippen molar-refractivity contribution in [3.05, 3.63) is 22.8 Å². The Morgan fingerprint density at radius 3 is 2.50 bits per heavy atom. The van der Waals surface area contributed by atoms with Crippen LogP contribution in [0.25, 0.3) is 0 Å². The molecule has 2 atom stereocenters. The van der Waals surface area contributed by atoms with Gasteiger partial charge in [0.05, 0.1) is 5.97 Å². The van der Waals surface area contributed by atoms with Gasteiger partial charge in [-0.25, -0.2) is 0 Å². The van der Waals surface area contributed by atoms with Crippen molar-refractivity contribution in [3.63, 3.8) is 0 Å². The lowest BCUT2D eigenvalue weighted by Gasteiger charge is -2.56. The summed E-state index contributed by atoms with van der Waals surface area (Å²) in [5, 5.41) is 33.6. The fourth-order valence-corrected chi connectivity index (χ4v) is 5.29. The van der Waals surface area contributed by atoms with Gasteiger partial charge in [-0.2, -0.15) is 0 Å². The van der Waals surface area contributed by atoms with Gasteiger partial charge in [-0.3, -0.25) is 0 Å². The fourth-order valence-electron chi connectivity index (χ4n) is 5.29. The minimum Gasteiger partial charge on any atom is -0.549 e. The van der Waals surface area contributed by atoms with Crippen molar-refractivity contribution in [1.29, 1.82) is 0 Å². The summed E-state index contributed by atoms with van der Waals surface area (Å²) in [6.07, 6.45) is 3.72. The summed E-state index contributed by atoms with van der Waals surface area (Å²) in [6, 6.07) is 1.89. The normalized spacial score (nSPS) is 28.3. The monoisotopic (exact) mass is 331 g/mol. The van der Waals surface area contributed by atoms with E-state index in [0.29, 0.717) is 17.5 Å². The largest absolute Gasteiger partial charge is 0.549 e. The number of phenols is 2. The number of carboxylic acid groups (broad SMARTS) is 1. The van der Waals surface area contributed by atoms with Crippen LogP contribution in [0.2, 0.25) is 0 Å². The number of hydrogen-bond acceptors (Lipinski definition) is 4. The van der Waals surface area contributed by atoms with Gasteiger partial charge in [0, 0.05) is 16.5 Å². The summed E-state index contributed by atoms with van der Waals surface area (Å²) < 4.78 is 0. The van der Waals surface area contributed by atoms with E-state index in [2.05, 4.69) is 13.8 Å². The summed E-state index contributed by atoms with van der Waals surface area (Å²) in [4.78, 5) is 12.3. The molecule has 0 aromatic heterocycles. The minimum atomic E-state index is -1.20.